The number of rotatable bonds is 7. The van der Waals surface area contributed by atoms with Crippen LogP contribution in [0.1, 0.15) is 17.5 Å². The summed E-state index contributed by atoms with van der Waals surface area (Å²) < 4.78 is 4.01. The molecule has 1 fully saturated rings. The molecule has 0 radical (unpaired) electrons. The number of hydrogen-bond acceptors (Lipinski definition) is 4. The first-order chi connectivity index (χ1) is 16.1. The zero-order valence-corrected chi connectivity index (χ0v) is 20.1. The summed E-state index contributed by atoms with van der Waals surface area (Å²) >= 11 is 1.63. The summed E-state index contributed by atoms with van der Waals surface area (Å²) in [6.07, 6.45) is 12.7. The Kier molecular flexibility index (Phi) is 7.73. The van der Waals surface area contributed by atoms with E-state index in [9.17, 15) is 4.79 Å². The van der Waals surface area contributed by atoms with Gasteiger partial charge in [0.15, 0.2) is 12.4 Å². The average Bonchev–Trinajstić information content (AvgIpc) is 2.85. The van der Waals surface area contributed by atoms with E-state index >= 15 is 0 Å². The van der Waals surface area contributed by atoms with Crippen molar-refractivity contribution in [3.63, 3.8) is 0 Å². The fraction of sp³-hybridized carbons (Fsp3) is 0.308. The third kappa shape index (κ3) is 6.42. The molecule has 1 aliphatic rings. The standard InChI is InChI=1S/C26H31N5OS/c1-28-15-10-23(11-16-28)5-4-22-6-8-24(9-7-22)30-17-19-31(20-18-30)25(32)12-21-33-26-27-13-3-14-29(26)2/h3-11,13-16H,12,17-21H2,1-2H3/q+2. The number of nitrogens with zero attached hydrogens (tertiary/aromatic N) is 5. The maximum atomic E-state index is 12.6. The van der Waals surface area contributed by atoms with Gasteiger partial charge in [0.2, 0.25) is 5.91 Å². The van der Waals surface area contributed by atoms with Crippen LogP contribution in [0, 0.1) is 0 Å². The Hall–Kier alpha value is -3.19. The highest BCUT2D eigenvalue weighted by Crippen LogP contribution is 2.19. The molecule has 1 amide bonds. The van der Waals surface area contributed by atoms with Crippen LogP contribution >= 0.6 is 11.8 Å². The molecule has 0 bridgehead atoms. The number of carbonyl (C=O) groups excluding carboxylic acids is 1. The van der Waals surface area contributed by atoms with Crippen LogP contribution < -0.4 is 14.0 Å². The number of amides is 1. The number of aromatic nitrogens is 3. The van der Waals surface area contributed by atoms with E-state index in [4.69, 9.17) is 0 Å². The number of aryl methyl sites for hydroxylation is 2. The van der Waals surface area contributed by atoms with Gasteiger partial charge < -0.3 is 9.80 Å². The van der Waals surface area contributed by atoms with Crippen LogP contribution in [-0.4, -0.2) is 47.7 Å². The van der Waals surface area contributed by atoms with E-state index in [-0.39, 0.29) is 5.91 Å². The van der Waals surface area contributed by atoms with Crippen LogP contribution in [0.4, 0.5) is 5.69 Å². The van der Waals surface area contributed by atoms with Gasteiger partial charge in [0.25, 0.3) is 0 Å². The van der Waals surface area contributed by atoms with Crippen molar-refractivity contribution in [2.75, 3.05) is 36.8 Å². The normalized spacial score (nSPS) is 14.1. The van der Waals surface area contributed by atoms with E-state index in [0.717, 1.165) is 37.1 Å². The second-order valence-electron chi connectivity index (χ2n) is 8.20. The summed E-state index contributed by atoms with van der Waals surface area (Å²) in [4.78, 5) is 21.3. The number of pyridine rings is 1. The molecule has 4 rings (SSSR count). The molecule has 1 aliphatic heterocycles. The molecule has 1 saturated heterocycles. The van der Waals surface area contributed by atoms with E-state index in [0.29, 0.717) is 6.42 Å². The lowest BCUT2D eigenvalue weighted by Crippen LogP contribution is -2.48. The minimum absolute atomic E-state index is 0.232. The Bertz CT molecular complexity index is 1090. The fourth-order valence-electron chi connectivity index (χ4n) is 3.78. The highest BCUT2D eigenvalue weighted by molar-refractivity contribution is 7.99. The van der Waals surface area contributed by atoms with Crippen LogP contribution in [0.2, 0.25) is 0 Å². The molecule has 0 atom stereocenters. The lowest BCUT2D eigenvalue weighted by atomic mass is 10.1. The van der Waals surface area contributed by atoms with Gasteiger partial charge in [-0.3, -0.25) is 4.79 Å². The van der Waals surface area contributed by atoms with E-state index < -0.39 is 0 Å². The highest BCUT2D eigenvalue weighted by atomic mass is 32.2. The number of carbonyl (C=O) groups is 1. The van der Waals surface area contributed by atoms with Crippen molar-refractivity contribution in [1.82, 2.24) is 9.88 Å². The van der Waals surface area contributed by atoms with Crippen LogP contribution in [0.5, 0.6) is 0 Å². The first kappa shape index (κ1) is 23.0. The molecular weight excluding hydrogens is 430 g/mol. The summed E-state index contributed by atoms with van der Waals surface area (Å²) in [5, 5.41) is 0.936. The summed E-state index contributed by atoms with van der Waals surface area (Å²) in [5.74, 6) is 0.982. The smallest absolute Gasteiger partial charge is 0.358 e. The second kappa shape index (κ2) is 11.1. The van der Waals surface area contributed by atoms with Crippen LogP contribution in [-0.2, 0) is 18.9 Å². The quantitative estimate of drug-likeness (QED) is 0.308. The van der Waals surface area contributed by atoms with Crippen molar-refractivity contribution in [3.8, 4) is 0 Å². The third-order valence-electron chi connectivity index (χ3n) is 5.79. The molecule has 1 aromatic carbocycles. The maximum absolute atomic E-state index is 12.6. The van der Waals surface area contributed by atoms with Gasteiger partial charge in [-0.1, -0.05) is 24.3 Å². The molecule has 0 unspecified atom stereocenters. The molecule has 0 N–H and O–H groups in total. The van der Waals surface area contributed by atoms with E-state index in [2.05, 4.69) is 58.4 Å². The SMILES string of the molecule is C[n+]1ccc(/C=C/c2ccc(N3CCN(C(=O)CCSc4nccc[n+]4C)CC3)cc2)cc1. The molecule has 0 spiro atoms. The van der Waals surface area contributed by atoms with Crippen molar-refractivity contribution in [2.24, 2.45) is 14.1 Å². The molecule has 7 heteroatoms. The van der Waals surface area contributed by atoms with Gasteiger partial charge >= 0.3 is 5.16 Å². The van der Waals surface area contributed by atoms with Gasteiger partial charge in [-0.15, -0.1) is 0 Å². The van der Waals surface area contributed by atoms with Crippen molar-refractivity contribution in [3.05, 3.63) is 78.4 Å². The highest BCUT2D eigenvalue weighted by Gasteiger charge is 2.21. The van der Waals surface area contributed by atoms with Gasteiger partial charge in [0.1, 0.15) is 13.2 Å². The molecule has 3 heterocycles. The number of piperazine rings is 1. The topological polar surface area (TPSA) is 44.2 Å². The molecular formula is C26H31N5OS+2. The predicted octanol–water partition coefficient (Wildman–Crippen LogP) is 2.73. The Morgan fingerprint density at radius 1 is 0.970 bits per heavy atom. The van der Waals surface area contributed by atoms with E-state index in [1.807, 2.05) is 52.8 Å². The molecule has 6 nitrogen and oxygen atoms in total. The van der Waals surface area contributed by atoms with Gasteiger partial charge in [-0.25, -0.2) is 9.13 Å². The Balaban J connectivity index is 1.23. The Labute approximate surface area is 200 Å². The monoisotopic (exact) mass is 461 g/mol. The number of thioether (sulfide) groups is 1. The van der Waals surface area contributed by atoms with E-state index in [1.165, 1.54) is 16.8 Å². The largest absolute Gasteiger partial charge is 0.368 e. The summed E-state index contributed by atoms with van der Waals surface area (Å²) in [6.45, 7) is 3.27. The van der Waals surface area contributed by atoms with Gasteiger partial charge in [0, 0.05) is 62.2 Å². The minimum atomic E-state index is 0.232. The molecule has 2 aromatic heterocycles. The Morgan fingerprint density at radius 2 is 1.64 bits per heavy atom. The number of hydrogen-bond donors (Lipinski definition) is 0. The lowest BCUT2D eigenvalue weighted by molar-refractivity contribution is -0.713. The maximum Gasteiger partial charge on any atom is 0.358 e. The van der Waals surface area contributed by atoms with Gasteiger partial charge in [-0.05, 0) is 40.0 Å². The summed E-state index contributed by atoms with van der Waals surface area (Å²) in [7, 11) is 3.99. The zero-order chi connectivity index (χ0) is 23.0. The number of benzene rings is 1. The van der Waals surface area contributed by atoms with Crippen LogP contribution in [0.3, 0.4) is 0 Å². The fourth-order valence-corrected chi connectivity index (χ4v) is 4.64. The van der Waals surface area contributed by atoms with Crippen LogP contribution in [0.25, 0.3) is 12.2 Å². The second-order valence-corrected chi connectivity index (χ2v) is 9.26. The zero-order valence-electron chi connectivity index (χ0n) is 19.3. The summed E-state index contributed by atoms with van der Waals surface area (Å²) in [6, 6.07) is 14.8. The minimum Gasteiger partial charge on any atom is -0.368 e. The first-order valence-electron chi connectivity index (χ1n) is 11.3. The van der Waals surface area contributed by atoms with Gasteiger partial charge in [0.05, 0.1) is 13.2 Å². The van der Waals surface area contributed by atoms with E-state index in [1.54, 1.807) is 18.0 Å². The molecule has 170 valence electrons. The van der Waals surface area contributed by atoms with Crippen molar-refractivity contribution in [2.45, 2.75) is 11.6 Å². The third-order valence-corrected chi connectivity index (χ3v) is 6.85. The van der Waals surface area contributed by atoms with Gasteiger partial charge in [-0.2, -0.15) is 0 Å². The first-order valence-corrected chi connectivity index (χ1v) is 12.3. The van der Waals surface area contributed by atoms with Crippen molar-refractivity contribution < 1.29 is 13.9 Å². The van der Waals surface area contributed by atoms with Crippen molar-refractivity contribution >= 4 is 35.5 Å². The van der Waals surface area contributed by atoms with Crippen LogP contribution in [0.15, 0.2) is 72.4 Å². The number of anilines is 1. The lowest BCUT2D eigenvalue weighted by Gasteiger charge is -2.36. The van der Waals surface area contributed by atoms with Crippen molar-refractivity contribution in [1.29, 1.82) is 0 Å². The predicted molar refractivity (Wildman–Crippen MR) is 133 cm³/mol. The Morgan fingerprint density at radius 3 is 2.30 bits per heavy atom. The summed E-state index contributed by atoms with van der Waals surface area (Å²) in [5.41, 5.74) is 3.58. The molecule has 33 heavy (non-hydrogen) atoms. The molecule has 3 aromatic rings. The molecule has 0 aliphatic carbocycles. The average molecular weight is 462 g/mol. The molecule has 0 saturated carbocycles.